The molecule has 1 aliphatic rings. The normalized spacial score (nSPS) is 14.8. The molecule has 0 bridgehead atoms. The van der Waals surface area contributed by atoms with Crippen LogP contribution < -0.4 is 4.90 Å². The summed E-state index contributed by atoms with van der Waals surface area (Å²) in [5, 5.41) is 0. The van der Waals surface area contributed by atoms with Gasteiger partial charge in [-0.2, -0.15) is 0 Å². The summed E-state index contributed by atoms with van der Waals surface area (Å²) in [6.07, 6.45) is 2.77. The molecule has 122 valence electrons. The molecular formula is C20H25NO2. The van der Waals surface area contributed by atoms with Crippen molar-refractivity contribution in [2.24, 2.45) is 0 Å². The SMILES string of the molecule is CCC(C)(CC)c1ccccc(N2C(=O)CCC2=O)cccc1. The molecule has 0 spiro atoms. The highest BCUT2D eigenvalue weighted by atomic mass is 16.2. The Morgan fingerprint density at radius 1 is 0.870 bits per heavy atom. The van der Waals surface area contributed by atoms with E-state index < -0.39 is 0 Å². The van der Waals surface area contributed by atoms with Crippen LogP contribution in [0.2, 0.25) is 0 Å². The van der Waals surface area contributed by atoms with Crippen LogP contribution in [0.15, 0.2) is 48.5 Å². The van der Waals surface area contributed by atoms with Crippen LogP contribution >= 0.6 is 0 Å². The van der Waals surface area contributed by atoms with Crippen molar-refractivity contribution in [2.45, 2.75) is 51.9 Å². The first-order chi connectivity index (χ1) is 11.0. The standard InChI is InChI=1S/C20H25NO2/c1-4-20(3,5-2)16-10-6-8-12-17(13-9-7-11-16)21-18(22)14-15-19(21)23/h6-13H,4-5,14-15H2,1-3H3. The van der Waals surface area contributed by atoms with Crippen LogP contribution in [-0.2, 0) is 15.0 Å². The van der Waals surface area contributed by atoms with E-state index in [-0.39, 0.29) is 17.2 Å². The van der Waals surface area contributed by atoms with Gasteiger partial charge in [0, 0.05) is 12.8 Å². The molecule has 3 nitrogen and oxygen atoms in total. The second-order valence-electron chi connectivity index (χ2n) is 6.21. The highest BCUT2D eigenvalue weighted by molar-refractivity contribution is 6.19. The van der Waals surface area contributed by atoms with Gasteiger partial charge in [-0.1, -0.05) is 57.2 Å². The van der Waals surface area contributed by atoms with Crippen molar-refractivity contribution < 1.29 is 9.59 Å². The zero-order valence-corrected chi connectivity index (χ0v) is 14.2. The van der Waals surface area contributed by atoms with E-state index in [1.54, 1.807) is 0 Å². The summed E-state index contributed by atoms with van der Waals surface area (Å²) in [6.45, 7) is 6.69. The Balaban J connectivity index is 2.42. The number of nitrogens with zero attached hydrogens (tertiary/aromatic N) is 1. The van der Waals surface area contributed by atoms with E-state index in [0.717, 1.165) is 12.8 Å². The minimum Gasteiger partial charge on any atom is -0.274 e. The Morgan fingerprint density at radius 3 is 1.74 bits per heavy atom. The van der Waals surface area contributed by atoms with Crippen LogP contribution in [0.5, 0.6) is 0 Å². The highest BCUT2D eigenvalue weighted by Gasteiger charge is 2.29. The molecule has 1 heterocycles. The zero-order valence-electron chi connectivity index (χ0n) is 14.2. The second-order valence-corrected chi connectivity index (χ2v) is 6.21. The molecule has 1 aromatic rings. The number of carbonyl (C=O) groups is 2. The third kappa shape index (κ3) is 3.79. The number of rotatable bonds is 4. The van der Waals surface area contributed by atoms with Crippen LogP contribution in [0.3, 0.4) is 0 Å². The third-order valence-corrected chi connectivity index (χ3v) is 4.88. The second kappa shape index (κ2) is 7.40. The van der Waals surface area contributed by atoms with E-state index >= 15 is 0 Å². The molecule has 0 aromatic heterocycles. The lowest BCUT2D eigenvalue weighted by molar-refractivity contribution is -0.121. The van der Waals surface area contributed by atoms with E-state index in [9.17, 15) is 9.59 Å². The largest absolute Gasteiger partial charge is 0.274 e. The topological polar surface area (TPSA) is 37.4 Å². The van der Waals surface area contributed by atoms with Crippen molar-refractivity contribution in [1.82, 2.24) is 0 Å². The van der Waals surface area contributed by atoms with Gasteiger partial charge in [-0.3, -0.25) is 14.5 Å². The number of anilines is 1. The molecule has 0 radical (unpaired) electrons. The van der Waals surface area contributed by atoms with Gasteiger partial charge in [0.2, 0.25) is 11.8 Å². The summed E-state index contributed by atoms with van der Waals surface area (Å²) in [6, 6.07) is 15.6. The number of hydrogen-bond acceptors (Lipinski definition) is 2. The van der Waals surface area contributed by atoms with Gasteiger partial charge >= 0.3 is 0 Å². The number of carbonyl (C=O) groups excluding carboxylic acids is 2. The maximum Gasteiger partial charge on any atom is 0.234 e. The molecule has 1 aliphatic heterocycles. The van der Waals surface area contributed by atoms with Crippen LogP contribution in [-0.4, -0.2) is 11.8 Å². The molecular weight excluding hydrogens is 286 g/mol. The fourth-order valence-electron chi connectivity index (χ4n) is 2.81. The van der Waals surface area contributed by atoms with Crippen molar-refractivity contribution in [3.8, 4) is 0 Å². The lowest BCUT2D eigenvalue weighted by Gasteiger charge is -2.26. The van der Waals surface area contributed by atoms with E-state index in [4.69, 9.17) is 0 Å². The van der Waals surface area contributed by atoms with E-state index in [1.165, 1.54) is 10.5 Å². The molecule has 0 atom stereocenters. The molecule has 1 aromatic carbocycles. The first-order valence-electron chi connectivity index (χ1n) is 8.31. The third-order valence-electron chi connectivity index (χ3n) is 4.88. The van der Waals surface area contributed by atoms with E-state index in [0.29, 0.717) is 18.5 Å². The van der Waals surface area contributed by atoms with E-state index in [1.807, 2.05) is 36.4 Å². The van der Waals surface area contributed by atoms with Gasteiger partial charge in [-0.25, -0.2) is 0 Å². The fraction of sp³-hybridized carbons (Fsp3) is 0.400. The molecule has 1 saturated heterocycles. The Hall–Kier alpha value is -2.16. The summed E-state index contributed by atoms with van der Waals surface area (Å²) in [7, 11) is 0. The molecule has 0 unspecified atom stereocenters. The summed E-state index contributed by atoms with van der Waals surface area (Å²) in [5.74, 6) is -0.248. The van der Waals surface area contributed by atoms with Gasteiger partial charge in [0.1, 0.15) is 0 Å². The summed E-state index contributed by atoms with van der Waals surface area (Å²) >= 11 is 0. The molecule has 0 N–H and O–H groups in total. The first kappa shape index (κ1) is 17.2. The molecule has 2 amide bonds. The summed E-state index contributed by atoms with van der Waals surface area (Å²) in [4.78, 5) is 25.0. The minimum absolute atomic E-state index is 0.124. The van der Waals surface area contributed by atoms with Crippen LogP contribution in [0.4, 0.5) is 5.69 Å². The summed E-state index contributed by atoms with van der Waals surface area (Å²) < 4.78 is 0. The van der Waals surface area contributed by atoms with E-state index in [2.05, 4.69) is 32.9 Å². The lowest BCUT2D eigenvalue weighted by atomic mass is 9.78. The monoisotopic (exact) mass is 311 g/mol. The van der Waals surface area contributed by atoms with Gasteiger partial charge in [0.25, 0.3) is 0 Å². The van der Waals surface area contributed by atoms with Gasteiger partial charge in [0.05, 0.1) is 5.69 Å². The van der Waals surface area contributed by atoms with Gasteiger partial charge < -0.3 is 0 Å². The average Bonchev–Trinajstić information content (AvgIpc) is 2.90. The maximum absolute atomic E-state index is 11.9. The predicted molar refractivity (Wildman–Crippen MR) is 93.7 cm³/mol. The molecule has 2 rings (SSSR count). The molecule has 1 fully saturated rings. The zero-order chi connectivity index (χ0) is 16.9. The Bertz CT molecular complexity index is 602. The van der Waals surface area contributed by atoms with Gasteiger partial charge in [-0.05, 0) is 36.0 Å². The van der Waals surface area contributed by atoms with Crippen molar-refractivity contribution in [2.75, 3.05) is 4.90 Å². The molecule has 0 aliphatic carbocycles. The fourth-order valence-corrected chi connectivity index (χ4v) is 2.81. The molecule has 0 saturated carbocycles. The Morgan fingerprint density at radius 2 is 1.30 bits per heavy atom. The Kier molecular flexibility index (Phi) is 5.54. The maximum atomic E-state index is 11.9. The predicted octanol–water partition coefficient (Wildman–Crippen LogP) is 4.54. The highest BCUT2D eigenvalue weighted by Crippen LogP contribution is 2.30. The molecule has 23 heavy (non-hydrogen) atoms. The smallest absolute Gasteiger partial charge is 0.234 e. The summed E-state index contributed by atoms with van der Waals surface area (Å²) in [5.41, 5.74) is 2.07. The number of amides is 2. The van der Waals surface area contributed by atoms with Crippen molar-refractivity contribution in [3.63, 3.8) is 0 Å². The molecule has 3 heteroatoms. The first-order valence-corrected chi connectivity index (χ1v) is 8.31. The average molecular weight is 311 g/mol. The quantitative estimate of drug-likeness (QED) is 0.765. The van der Waals surface area contributed by atoms with Crippen LogP contribution in [0.1, 0.15) is 52.0 Å². The van der Waals surface area contributed by atoms with Gasteiger partial charge in [-0.15, -0.1) is 0 Å². The number of imide groups is 1. The minimum atomic E-state index is -0.124. The van der Waals surface area contributed by atoms with Crippen LogP contribution in [0.25, 0.3) is 0 Å². The number of hydrogen-bond donors (Lipinski definition) is 0. The van der Waals surface area contributed by atoms with Gasteiger partial charge in [0.15, 0.2) is 0 Å². The van der Waals surface area contributed by atoms with Crippen molar-refractivity contribution in [1.29, 1.82) is 0 Å². The van der Waals surface area contributed by atoms with Crippen molar-refractivity contribution >= 4 is 17.5 Å². The van der Waals surface area contributed by atoms with Crippen LogP contribution in [0, 0.1) is 0 Å². The lowest BCUT2D eigenvalue weighted by Crippen LogP contribution is -2.28. The Labute approximate surface area is 138 Å². The van der Waals surface area contributed by atoms with Crippen molar-refractivity contribution in [3.05, 3.63) is 54.1 Å².